The largest absolute Gasteiger partial charge is 0.323 e. The first-order valence-corrected chi connectivity index (χ1v) is 5.29. The molecular formula is C10H16N2S. The molecule has 1 atom stereocenters. The van der Waals surface area contributed by atoms with Crippen molar-refractivity contribution in [2.75, 3.05) is 0 Å². The van der Waals surface area contributed by atoms with Crippen molar-refractivity contribution in [2.24, 2.45) is 5.73 Å². The van der Waals surface area contributed by atoms with Crippen LogP contribution in [0.15, 0.2) is 18.3 Å². The Morgan fingerprint density at radius 2 is 2.46 bits per heavy atom. The molecule has 1 rings (SSSR count). The van der Waals surface area contributed by atoms with E-state index in [0.29, 0.717) is 0 Å². The van der Waals surface area contributed by atoms with E-state index >= 15 is 0 Å². The molecule has 2 nitrogen and oxygen atoms in total. The van der Waals surface area contributed by atoms with E-state index in [-0.39, 0.29) is 6.04 Å². The molecule has 72 valence electrons. The van der Waals surface area contributed by atoms with Crippen LogP contribution in [0.2, 0.25) is 0 Å². The average molecular weight is 196 g/mol. The first-order valence-electron chi connectivity index (χ1n) is 4.48. The number of hydrogen-bond acceptors (Lipinski definition) is 3. The molecule has 1 aromatic heterocycles. The molecule has 0 amide bonds. The highest BCUT2D eigenvalue weighted by atomic mass is 32.1. The molecule has 1 heterocycles. The lowest BCUT2D eigenvalue weighted by atomic mass is 10.1. The first-order chi connectivity index (χ1) is 6.13. The first kappa shape index (κ1) is 10.4. The van der Waals surface area contributed by atoms with E-state index in [1.807, 2.05) is 13.1 Å². The highest BCUT2D eigenvalue weighted by molar-refractivity contribution is 7.11. The van der Waals surface area contributed by atoms with Crippen LogP contribution in [0.5, 0.6) is 0 Å². The lowest BCUT2D eigenvalue weighted by Gasteiger charge is -2.09. The van der Waals surface area contributed by atoms with Gasteiger partial charge in [-0.3, -0.25) is 0 Å². The number of thiazole rings is 1. The van der Waals surface area contributed by atoms with Crippen molar-refractivity contribution in [3.05, 3.63) is 28.2 Å². The summed E-state index contributed by atoms with van der Waals surface area (Å²) >= 11 is 1.67. The zero-order valence-corrected chi connectivity index (χ0v) is 9.03. The van der Waals surface area contributed by atoms with E-state index in [0.717, 1.165) is 22.7 Å². The third-order valence-electron chi connectivity index (χ3n) is 2.01. The topological polar surface area (TPSA) is 38.9 Å². The van der Waals surface area contributed by atoms with Gasteiger partial charge in [-0.1, -0.05) is 19.1 Å². The van der Waals surface area contributed by atoms with Gasteiger partial charge in [0.2, 0.25) is 0 Å². The normalized spacial score (nSPS) is 12.8. The third-order valence-corrected chi connectivity index (χ3v) is 3.06. The van der Waals surface area contributed by atoms with Crippen LogP contribution in [0.1, 0.15) is 35.7 Å². The van der Waals surface area contributed by atoms with Crippen molar-refractivity contribution in [3.63, 3.8) is 0 Å². The van der Waals surface area contributed by atoms with Gasteiger partial charge in [-0.25, -0.2) is 4.98 Å². The summed E-state index contributed by atoms with van der Waals surface area (Å²) in [6, 6.07) is 0.0821. The summed E-state index contributed by atoms with van der Waals surface area (Å²) in [4.78, 5) is 5.34. The maximum Gasteiger partial charge on any atom is 0.0897 e. The molecule has 0 bridgehead atoms. The summed E-state index contributed by atoms with van der Waals surface area (Å²) in [6.07, 6.45) is 3.75. The van der Waals surface area contributed by atoms with Gasteiger partial charge in [0.15, 0.2) is 0 Å². The number of aryl methyl sites for hydroxylation is 1. The van der Waals surface area contributed by atoms with E-state index < -0.39 is 0 Å². The Hall–Kier alpha value is -0.670. The van der Waals surface area contributed by atoms with E-state index in [2.05, 4.69) is 18.5 Å². The summed E-state index contributed by atoms with van der Waals surface area (Å²) in [5, 5.41) is 1.08. The van der Waals surface area contributed by atoms with Crippen molar-refractivity contribution in [1.29, 1.82) is 0 Å². The minimum Gasteiger partial charge on any atom is -0.323 e. The summed E-state index contributed by atoms with van der Waals surface area (Å²) in [6.45, 7) is 8.05. The molecule has 0 aliphatic heterocycles. The van der Waals surface area contributed by atoms with Gasteiger partial charge in [0.25, 0.3) is 0 Å². The van der Waals surface area contributed by atoms with Crippen molar-refractivity contribution in [3.8, 4) is 0 Å². The van der Waals surface area contributed by atoms with E-state index in [1.165, 1.54) is 5.57 Å². The maximum absolute atomic E-state index is 5.99. The molecule has 0 saturated heterocycles. The van der Waals surface area contributed by atoms with E-state index in [1.54, 1.807) is 11.3 Å². The van der Waals surface area contributed by atoms with Crippen LogP contribution in [0.3, 0.4) is 0 Å². The summed E-state index contributed by atoms with van der Waals surface area (Å²) in [5.41, 5.74) is 7.20. The minimum atomic E-state index is 0.0821. The Bertz CT molecular complexity index is 291. The van der Waals surface area contributed by atoms with Gasteiger partial charge in [0, 0.05) is 17.1 Å². The molecule has 3 heteroatoms. The van der Waals surface area contributed by atoms with Crippen LogP contribution in [0.4, 0.5) is 0 Å². The monoisotopic (exact) mass is 196 g/mol. The van der Waals surface area contributed by atoms with Crippen molar-refractivity contribution >= 4 is 11.3 Å². The smallest absolute Gasteiger partial charge is 0.0897 e. The quantitative estimate of drug-likeness (QED) is 0.752. The second-order valence-electron chi connectivity index (χ2n) is 3.20. The Labute approximate surface area is 83.5 Å². The molecule has 0 aliphatic rings. The van der Waals surface area contributed by atoms with Crippen LogP contribution < -0.4 is 5.73 Å². The van der Waals surface area contributed by atoms with E-state index in [4.69, 9.17) is 5.73 Å². The van der Waals surface area contributed by atoms with Crippen LogP contribution >= 0.6 is 11.3 Å². The van der Waals surface area contributed by atoms with Gasteiger partial charge < -0.3 is 5.73 Å². The Balaban J connectivity index is 2.58. The predicted molar refractivity (Wildman–Crippen MR) is 57.8 cm³/mol. The van der Waals surface area contributed by atoms with E-state index in [9.17, 15) is 0 Å². The van der Waals surface area contributed by atoms with Gasteiger partial charge in [-0.15, -0.1) is 11.3 Å². The highest BCUT2D eigenvalue weighted by Crippen LogP contribution is 2.24. The van der Waals surface area contributed by atoms with Crippen molar-refractivity contribution in [1.82, 2.24) is 4.98 Å². The average Bonchev–Trinajstić information content (AvgIpc) is 2.51. The fourth-order valence-corrected chi connectivity index (χ4v) is 1.89. The number of aromatic nitrogens is 1. The molecule has 0 spiro atoms. The molecule has 2 N–H and O–H groups in total. The number of nitrogens with zero attached hydrogens (tertiary/aromatic N) is 1. The standard InChI is InChI=1S/C10H16N2S/c1-4-7(2)5-9(11)10-6-12-8(3)13-10/h6,9H,2,4-5,11H2,1,3H3. The van der Waals surface area contributed by atoms with Gasteiger partial charge >= 0.3 is 0 Å². The minimum absolute atomic E-state index is 0.0821. The van der Waals surface area contributed by atoms with Gasteiger partial charge in [-0.2, -0.15) is 0 Å². The number of nitrogens with two attached hydrogens (primary N) is 1. The van der Waals surface area contributed by atoms with Gasteiger partial charge in [0.1, 0.15) is 0 Å². The Morgan fingerprint density at radius 1 is 1.77 bits per heavy atom. The Morgan fingerprint density at radius 3 is 2.92 bits per heavy atom. The van der Waals surface area contributed by atoms with Crippen LogP contribution in [-0.4, -0.2) is 4.98 Å². The van der Waals surface area contributed by atoms with Crippen molar-refractivity contribution < 1.29 is 0 Å². The Kier molecular flexibility index (Phi) is 3.63. The molecule has 0 saturated carbocycles. The predicted octanol–water partition coefficient (Wildman–Crippen LogP) is 2.81. The molecule has 0 radical (unpaired) electrons. The zero-order valence-electron chi connectivity index (χ0n) is 8.21. The van der Waals surface area contributed by atoms with Crippen LogP contribution in [0.25, 0.3) is 0 Å². The fourth-order valence-electron chi connectivity index (χ4n) is 1.11. The number of hydrogen-bond donors (Lipinski definition) is 1. The van der Waals surface area contributed by atoms with Gasteiger partial charge in [0.05, 0.1) is 5.01 Å². The lowest BCUT2D eigenvalue weighted by molar-refractivity contribution is 0.712. The van der Waals surface area contributed by atoms with Crippen LogP contribution in [0, 0.1) is 6.92 Å². The summed E-state index contributed by atoms with van der Waals surface area (Å²) in [5.74, 6) is 0. The molecule has 1 unspecified atom stereocenters. The molecular weight excluding hydrogens is 180 g/mol. The third kappa shape index (κ3) is 2.94. The fraction of sp³-hybridized carbons (Fsp3) is 0.500. The highest BCUT2D eigenvalue weighted by Gasteiger charge is 2.09. The summed E-state index contributed by atoms with van der Waals surface area (Å²) in [7, 11) is 0. The molecule has 0 aliphatic carbocycles. The molecule has 13 heavy (non-hydrogen) atoms. The van der Waals surface area contributed by atoms with Gasteiger partial charge in [-0.05, 0) is 19.8 Å². The number of rotatable bonds is 4. The lowest BCUT2D eigenvalue weighted by Crippen LogP contribution is -2.08. The zero-order chi connectivity index (χ0) is 9.84. The van der Waals surface area contributed by atoms with Crippen molar-refractivity contribution in [2.45, 2.75) is 32.7 Å². The summed E-state index contributed by atoms with van der Waals surface area (Å²) < 4.78 is 0. The SMILES string of the molecule is C=C(CC)CC(N)c1cnc(C)s1. The van der Waals surface area contributed by atoms with Crippen LogP contribution in [-0.2, 0) is 0 Å². The second-order valence-corrected chi connectivity index (χ2v) is 4.46. The molecule has 1 aromatic rings. The molecule has 0 aromatic carbocycles. The molecule has 0 fully saturated rings. The second kappa shape index (κ2) is 4.53. The maximum atomic E-state index is 5.99.